The summed E-state index contributed by atoms with van der Waals surface area (Å²) in [5.74, 6) is 1.17. The van der Waals surface area contributed by atoms with Crippen LogP contribution in [-0.2, 0) is 17.9 Å². The van der Waals surface area contributed by atoms with Gasteiger partial charge in [0.05, 0.1) is 0 Å². The Hall–Kier alpha value is -2.22. The van der Waals surface area contributed by atoms with Gasteiger partial charge < -0.3 is 14.2 Å². The van der Waals surface area contributed by atoms with E-state index in [1.165, 1.54) is 0 Å². The van der Waals surface area contributed by atoms with Crippen molar-refractivity contribution in [3.63, 3.8) is 0 Å². The van der Waals surface area contributed by atoms with E-state index in [1.54, 1.807) is 17.9 Å². The molecule has 1 fully saturated rings. The fourth-order valence-corrected chi connectivity index (χ4v) is 2.80. The summed E-state index contributed by atoms with van der Waals surface area (Å²) in [7, 11) is 1.58. The second-order valence-corrected chi connectivity index (χ2v) is 5.63. The standard InChI is InChI=1S/C15H21N5O3/c1-3-20-8-6-12(17-20)15(21)19-7-4-5-11(9-19)14-16-13(10-22-2)23-18-14/h6,8,11H,3-5,7,9-10H2,1-2H3. The average molecular weight is 319 g/mol. The van der Waals surface area contributed by atoms with Gasteiger partial charge in [-0.05, 0) is 25.8 Å². The number of hydrogen-bond acceptors (Lipinski definition) is 6. The molecule has 3 heterocycles. The van der Waals surface area contributed by atoms with E-state index in [0.717, 1.165) is 25.9 Å². The van der Waals surface area contributed by atoms with E-state index >= 15 is 0 Å². The number of aromatic nitrogens is 4. The first-order valence-electron chi connectivity index (χ1n) is 7.85. The molecule has 1 unspecified atom stereocenters. The number of nitrogens with zero attached hydrogens (tertiary/aromatic N) is 5. The number of carbonyl (C=O) groups excluding carboxylic acids is 1. The Morgan fingerprint density at radius 1 is 1.52 bits per heavy atom. The maximum absolute atomic E-state index is 12.6. The van der Waals surface area contributed by atoms with Crippen LogP contribution in [0.3, 0.4) is 0 Å². The van der Waals surface area contributed by atoms with Crippen LogP contribution in [0, 0.1) is 0 Å². The van der Waals surface area contributed by atoms with Crippen molar-refractivity contribution in [1.82, 2.24) is 24.8 Å². The summed E-state index contributed by atoms with van der Waals surface area (Å²) in [5.41, 5.74) is 0.487. The van der Waals surface area contributed by atoms with Crippen LogP contribution in [0.2, 0.25) is 0 Å². The van der Waals surface area contributed by atoms with Crippen LogP contribution in [0.5, 0.6) is 0 Å². The molecule has 2 aromatic rings. The van der Waals surface area contributed by atoms with Crippen molar-refractivity contribution in [1.29, 1.82) is 0 Å². The lowest BCUT2D eigenvalue weighted by atomic mass is 9.97. The minimum atomic E-state index is -0.0393. The van der Waals surface area contributed by atoms with Crippen molar-refractivity contribution in [3.05, 3.63) is 29.7 Å². The highest BCUT2D eigenvalue weighted by molar-refractivity contribution is 5.92. The molecule has 8 nitrogen and oxygen atoms in total. The number of likely N-dealkylation sites (tertiary alicyclic amines) is 1. The molecule has 0 bridgehead atoms. The fraction of sp³-hybridized carbons (Fsp3) is 0.600. The molecule has 1 saturated heterocycles. The summed E-state index contributed by atoms with van der Waals surface area (Å²) in [6, 6.07) is 1.76. The summed E-state index contributed by atoms with van der Waals surface area (Å²) < 4.78 is 11.9. The molecule has 2 aromatic heterocycles. The summed E-state index contributed by atoms with van der Waals surface area (Å²) >= 11 is 0. The van der Waals surface area contributed by atoms with Gasteiger partial charge in [-0.1, -0.05) is 5.16 Å². The van der Waals surface area contributed by atoms with Gasteiger partial charge in [-0.3, -0.25) is 9.48 Å². The van der Waals surface area contributed by atoms with Crippen LogP contribution in [0.4, 0.5) is 0 Å². The van der Waals surface area contributed by atoms with Gasteiger partial charge in [0.1, 0.15) is 12.3 Å². The van der Waals surface area contributed by atoms with Crippen molar-refractivity contribution < 1.29 is 14.1 Å². The number of piperidine rings is 1. The van der Waals surface area contributed by atoms with Gasteiger partial charge in [0.25, 0.3) is 11.8 Å². The molecule has 0 aromatic carbocycles. The normalized spacial score (nSPS) is 18.3. The second-order valence-electron chi connectivity index (χ2n) is 5.63. The molecule has 1 amide bonds. The highest BCUT2D eigenvalue weighted by atomic mass is 16.5. The Morgan fingerprint density at radius 2 is 2.39 bits per heavy atom. The lowest BCUT2D eigenvalue weighted by molar-refractivity contribution is 0.0696. The topological polar surface area (TPSA) is 86.3 Å². The SMILES string of the molecule is CCn1ccc(C(=O)N2CCCC(c3noc(COC)n3)C2)n1. The van der Waals surface area contributed by atoms with Gasteiger partial charge in [0.2, 0.25) is 0 Å². The van der Waals surface area contributed by atoms with Crippen molar-refractivity contribution in [3.8, 4) is 0 Å². The Morgan fingerprint density at radius 3 is 3.13 bits per heavy atom. The maximum Gasteiger partial charge on any atom is 0.274 e. The highest BCUT2D eigenvalue weighted by Gasteiger charge is 2.29. The molecule has 0 radical (unpaired) electrons. The third-order valence-corrected chi connectivity index (χ3v) is 4.01. The molecule has 124 valence electrons. The van der Waals surface area contributed by atoms with Gasteiger partial charge in [-0.25, -0.2) is 0 Å². The summed E-state index contributed by atoms with van der Waals surface area (Å²) in [6.07, 6.45) is 3.68. The fourth-order valence-electron chi connectivity index (χ4n) is 2.80. The number of amides is 1. The Kier molecular flexibility index (Phi) is 4.71. The van der Waals surface area contributed by atoms with E-state index in [0.29, 0.717) is 30.6 Å². The molecule has 1 aliphatic heterocycles. The first kappa shape index (κ1) is 15.7. The number of methoxy groups -OCH3 is 1. The monoisotopic (exact) mass is 319 g/mol. The van der Waals surface area contributed by atoms with Crippen LogP contribution < -0.4 is 0 Å². The van der Waals surface area contributed by atoms with Gasteiger partial charge in [-0.15, -0.1) is 0 Å². The first-order valence-corrected chi connectivity index (χ1v) is 7.85. The quantitative estimate of drug-likeness (QED) is 0.829. The number of hydrogen-bond donors (Lipinski definition) is 0. The molecule has 3 rings (SSSR count). The predicted octanol–water partition coefficient (Wildman–Crippen LogP) is 1.45. The van der Waals surface area contributed by atoms with Gasteiger partial charge in [0.15, 0.2) is 5.82 Å². The lowest BCUT2D eigenvalue weighted by Crippen LogP contribution is -2.39. The van der Waals surface area contributed by atoms with Crippen LogP contribution in [-0.4, -0.2) is 50.9 Å². The lowest BCUT2D eigenvalue weighted by Gasteiger charge is -2.30. The van der Waals surface area contributed by atoms with Gasteiger partial charge >= 0.3 is 0 Å². The van der Waals surface area contributed by atoms with Crippen molar-refractivity contribution in [2.45, 2.75) is 38.8 Å². The van der Waals surface area contributed by atoms with Crippen molar-refractivity contribution >= 4 is 5.91 Å². The second kappa shape index (κ2) is 6.91. The zero-order valence-corrected chi connectivity index (χ0v) is 13.4. The number of aryl methyl sites for hydroxylation is 1. The van der Waals surface area contributed by atoms with Crippen LogP contribution in [0.1, 0.15) is 47.9 Å². The van der Waals surface area contributed by atoms with Crippen molar-refractivity contribution in [2.24, 2.45) is 0 Å². The number of rotatable bonds is 5. The number of ether oxygens (including phenoxy) is 1. The van der Waals surface area contributed by atoms with E-state index in [-0.39, 0.29) is 11.8 Å². The van der Waals surface area contributed by atoms with E-state index in [1.807, 2.05) is 18.0 Å². The molecule has 0 saturated carbocycles. The smallest absolute Gasteiger partial charge is 0.274 e. The van der Waals surface area contributed by atoms with Crippen molar-refractivity contribution in [2.75, 3.05) is 20.2 Å². The minimum absolute atomic E-state index is 0.0393. The molecule has 0 N–H and O–H groups in total. The van der Waals surface area contributed by atoms with Crippen LogP contribution in [0.15, 0.2) is 16.8 Å². The first-order chi connectivity index (χ1) is 11.2. The molecule has 8 heteroatoms. The molecule has 1 aliphatic rings. The van der Waals surface area contributed by atoms with Gasteiger partial charge in [0, 0.05) is 38.9 Å². The summed E-state index contributed by atoms with van der Waals surface area (Å²) in [6.45, 7) is 4.37. The molecule has 23 heavy (non-hydrogen) atoms. The van der Waals surface area contributed by atoms with E-state index in [4.69, 9.17) is 9.26 Å². The largest absolute Gasteiger partial charge is 0.375 e. The van der Waals surface area contributed by atoms with E-state index < -0.39 is 0 Å². The molecular formula is C15H21N5O3. The highest BCUT2D eigenvalue weighted by Crippen LogP contribution is 2.25. The summed E-state index contributed by atoms with van der Waals surface area (Å²) in [4.78, 5) is 18.7. The minimum Gasteiger partial charge on any atom is -0.375 e. The maximum atomic E-state index is 12.6. The van der Waals surface area contributed by atoms with Crippen LogP contribution in [0.25, 0.3) is 0 Å². The predicted molar refractivity (Wildman–Crippen MR) is 80.8 cm³/mol. The molecule has 0 spiro atoms. The van der Waals surface area contributed by atoms with Gasteiger partial charge in [-0.2, -0.15) is 10.1 Å². The third-order valence-electron chi connectivity index (χ3n) is 4.01. The average Bonchev–Trinajstić information content (AvgIpc) is 3.24. The zero-order valence-electron chi connectivity index (χ0n) is 13.4. The Labute approximate surface area is 134 Å². The molecule has 1 atom stereocenters. The summed E-state index contributed by atoms with van der Waals surface area (Å²) in [5, 5.41) is 8.31. The van der Waals surface area contributed by atoms with Crippen LogP contribution >= 0.6 is 0 Å². The van der Waals surface area contributed by atoms with E-state index in [2.05, 4.69) is 15.2 Å². The van der Waals surface area contributed by atoms with E-state index in [9.17, 15) is 4.79 Å². The third kappa shape index (κ3) is 3.42. The molecule has 0 aliphatic carbocycles. The Balaban J connectivity index is 1.68. The molecular weight excluding hydrogens is 298 g/mol. The Bertz CT molecular complexity index is 666. The zero-order chi connectivity index (χ0) is 16.2. The number of carbonyl (C=O) groups is 1.